The maximum Gasteiger partial charge on any atom is 0.191 e. The van der Waals surface area contributed by atoms with Crippen LogP contribution in [0, 0.1) is 11.6 Å². The van der Waals surface area contributed by atoms with Crippen LogP contribution in [-0.2, 0) is 0 Å². The second-order valence-electron chi connectivity index (χ2n) is 4.50. The fraction of sp³-hybridized carbons (Fsp3) is 0.0625. The standard InChI is InChI=1S/C16H12O2S/c1-10-7-13(17)16-12(11-5-3-2-4-6-11)9-15(19)18-14(16)8-10/h2-9,17H,1H3. The quantitative estimate of drug-likeness (QED) is 0.641. The van der Waals surface area contributed by atoms with Crippen molar-refractivity contribution in [2.45, 2.75) is 6.92 Å². The summed E-state index contributed by atoms with van der Waals surface area (Å²) in [5.74, 6) is 0.215. The smallest absolute Gasteiger partial charge is 0.191 e. The third-order valence-corrected chi connectivity index (χ3v) is 3.25. The number of hydrogen-bond donors (Lipinski definition) is 1. The summed E-state index contributed by atoms with van der Waals surface area (Å²) in [6.45, 7) is 1.91. The van der Waals surface area contributed by atoms with Crippen LogP contribution in [0.1, 0.15) is 5.56 Å². The van der Waals surface area contributed by atoms with Crippen LogP contribution in [0.15, 0.2) is 52.9 Å². The van der Waals surface area contributed by atoms with Crippen molar-refractivity contribution in [3.63, 3.8) is 0 Å². The molecule has 0 amide bonds. The Morgan fingerprint density at radius 1 is 1.05 bits per heavy atom. The van der Waals surface area contributed by atoms with Gasteiger partial charge in [-0.1, -0.05) is 30.3 Å². The molecule has 0 saturated carbocycles. The van der Waals surface area contributed by atoms with Crippen LogP contribution >= 0.6 is 12.2 Å². The lowest BCUT2D eigenvalue weighted by Gasteiger charge is -2.08. The van der Waals surface area contributed by atoms with E-state index in [4.69, 9.17) is 16.6 Å². The number of hydrogen-bond acceptors (Lipinski definition) is 3. The van der Waals surface area contributed by atoms with Gasteiger partial charge in [0, 0.05) is 11.6 Å². The Morgan fingerprint density at radius 3 is 2.53 bits per heavy atom. The minimum Gasteiger partial charge on any atom is -0.507 e. The molecule has 0 unspecified atom stereocenters. The van der Waals surface area contributed by atoms with Crippen molar-refractivity contribution in [1.29, 1.82) is 0 Å². The third-order valence-electron chi connectivity index (χ3n) is 3.05. The zero-order valence-corrected chi connectivity index (χ0v) is 11.2. The summed E-state index contributed by atoms with van der Waals surface area (Å²) in [6.07, 6.45) is 0. The summed E-state index contributed by atoms with van der Waals surface area (Å²) in [6, 6.07) is 15.2. The predicted molar refractivity (Wildman–Crippen MR) is 78.9 cm³/mol. The van der Waals surface area contributed by atoms with Gasteiger partial charge < -0.3 is 9.52 Å². The van der Waals surface area contributed by atoms with E-state index in [1.54, 1.807) is 12.1 Å². The van der Waals surface area contributed by atoms with E-state index in [0.29, 0.717) is 15.7 Å². The van der Waals surface area contributed by atoms with Crippen LogP contribution in [0.3, 0.4) is 0 Å². The second kappa shape index (κ2) is 4.52. The Hall–Kier alpha value is -2.13. The predicted octanol–water partition coefficient (Wildman–Crippen LogP) is 4.84. The highest BCUT2D eigenvalue weighted by Crippen LogP contribution is 2.35. The van der Waals surface area contributed by atoms with Crippen molar-refractivity contribution < 1.29 is 9.52 Å². The normalized spacial score (nSPS) is 10.8. The van der Waals surface area contributed by atoms with Crippen LogP contribution in [0.2, 0.25) is 0 Å². The van der Waals surface area contributed by atoms with Crippen molar-refractivity contribution >= 4 is 23.2 Å². The molecule has 2 nitrogen and oxygen atoms in total. The van der Waals surface area contributed by atoms with Crippen LogP contribution < -0.4 is 0 Å². The van der Waals surface area contributed by atoms with Gasteiger partial charge >= 0.3 is 0 Å². The number of phenolic OH excluding ortho intramolecular Hbond substituents is 1. The highest BCUT2D eigenvalue weighted by molar-refractivity contribution is 7.71. The van der Waals surface area contributed by atoms with Gasteiger partial charge in [0.25, 0.3) is 0 Å². The minimum absolute atomic E-state index is 0.215. The first-order valence-corrected chi connectivity index (χ1v) is 6.39. The molecular weight excluding hydrogens is 256 g/mol. The number of rotatable bonds is 1. The molecule has 0 aliphatic carbocycles. The topological polar surface area (TPSA) is 33.4 Å². The first-order chi connectivity index (χ1) is 9.15. The fourth-order valence-electron chi connectivity index (χ4n) is 2.26. The number of benzene rings is 2. The van der Waals surface area contributed by atoms with Gasteiger partial charge in [-0.25, -0.2) is 0 Å². The number of phenols is 1. The largest absolute Gasteiger partial charge is 0.507 e. The molecule has 1 N–H and O–H groups in total. The first kappa shape index (κ1) is 11.9. The molecule has 0 bridgehead atoms. The molecule has 0 spiro atoms. The van der Waals surface area contributed by atoms with E-state index in [1.165, 1.54) is 0 Å². The molecule has 3 heteroatoms. The minimum atomic E-state index is 0.215. The van der Waals surface area contributed by atoms with Gasteiger partial charge in [0.15, 0.2) is 4.71 Å². The Balaban J connectivity index is 2.45. The Morgan fingerprint density at radius 2 is 1.79 bits per heavy atom. The third kappa shape index (κ3) is 2.13. The van der Waals surface area contributed by atoms with Crippen molar-refractivity contribution in [2.24, 2.45) is 0 Å². The molecule has 0 atom stereocenters. The van der Waals surface area contributed by atoms with E-state index in [9.17, 15) is 5.11 Å². The molecule has 0 radical (unpaired) electrons. The van der Waals surface area contributed by atoms with Gasteiger partial charge in [0.1, 0.15) is 11.3 Å². The van der Waals surface area contributed by atoms with Crippen LogP contribution in [0.25, 0.3) is 22.1 Å². The van der Waals surface area contributed by atoms with E-state index in [2.05, 4.69) is 0 Å². The zero-order valence-electron chi connectivity index (χ0n) is 10.4. The molecule has 19 heavy (non-hydrogen) atoms. The van der Waals surface area contributed by atoms with Gasteiger partial charge in [-0.3, -0.25) is 0 Å². The molecule has 0 aliphatic heterocycles. The molecule has 94 valence electrons. The molecular formula is C16H12O2S. The van der Waals surface area contributed by atoms with E-state index < -0.39 is 0 Å². The number of aromatic hydroxyl groups is 1. The number of aryl methyl sites for hydroxylation is 1. The van der Waals surface area contributed by atoms with Gasteiger partial charge in [0.05, 0.1) is 5.39 Å². The fourth-order valence-corrected chi connectivity index (χ4v) is 2.47. The summed E-state index contributed by atoms with van der Waals surface area (Å²) < 4.78 is 5.95. The van der Waals surface area contributed by atoms with Crippen LogP contribution in [-0.4, -0.2) is 5.11 Å². The van der Waals surface area contributed by atoms with Crippen molar-refractivity contribution in [3.8, 4) is 16.9 Å². The highest BCUT2D eigenvalue weighted by Gasteiger charge is 2.11. The van der Waals surface area contributed by atoms with Gasteiger partial charge in [-0.05, 0) is 42.4 Å². The Labute approximate surface area is 115 Å². The molecule has 3 aromatic rings. The van der Waals surface area contributed by atoms with Crippen LogP contribution in [0.5, 0.6) is 5.75 Å². The molecule has 2 aromatic carbocycles. The van der Waals surface area contributed by atoms with E-state index in [-0.39, 0.29) is 5.75 Å². The highest BCUT2D eigenvalue weighted by atomic mass is 32.1. The van der Waals surface area contributed by atoms with E-state index in [0.717, 1.165) is 16.7 Å². The maximum atomic E-state index is 10.2. The molecule has 0 fully saturated rings. The average Bonchev–Trinajstić information content (AvgIpc) is 2.38. The monoisotopic (exact) mass is 268 g/mol. The van der Waals surface area contributed by atoms with Crippen LogP contribution in [0.4, 0.5) is 0 Å². The second-order valence-corrected chi connectivity index (χ2v) is 4.90. The molecule has 1 aromatic heterocycles. The molecule has 0 saturated heterocycles. The maximum absolute atomic E-state index is 10.2. The van der Waals surface area contributed by atoms with Gasteiger partial charge in [0.2, 0.25) is 0 Å². The van der Waals surface area contributed by atoms with Crippen molar-refractivity contribution in [1.82, 2.24) is 0 Å². The average molecular weight is 268 g/mol. The molecule has 0 aliphatic rings. The summed E-state index contributed by atoms with van der Waals surface area (Å²) in [5, 5.41) is 10.9. The van der Waals surface area contributed by atoms with E-state index in [1.807, 2.05) is 43.3 Å². The van der Waals surface area contributed by atoms with E-state index >= 15 is 0 Å². The number of fused-ring (bicyclic) bond motifs is 1. The lowest BCUT2D eigenvalue weighted by molar-refractivity contribution is 0.479. The zero-order chi connectivity index (χ0) is 13.4. The van der Waals surface area contributed by atoms with Crippen molar-refractivity contribution in [3.05, 3.63) is 58.8 Å². The lowest BCUT2D eigenvalue weighted by Crippen LogP contribution is -1.84. The molecule has 3 rings (SSSR count). The summed E-state index contributed by atoms with van der Waals surface area (Å²) in [5.41, 5.74) is 3.45. The summed E-state index contributed by atoms with van der Waals surface area (Å²) >= 11 is 5.17. The van der Waals surface area contributed by atoms with Gasteiger partial charge in [-0.2, -0.15) is 0 Å². The summed E-state index contributed by atoms with van der Waals surface area (Å²) in [4.78, 5) is 0. The SMILES string of the molecule is Cc1cc(O)c2c(-c3ccccc3)cc(=S)oc2c1. The Bertz CT molecular complexity index is 804. The summed E-state index contributed by atoms with van der Waals surface area (Å²) in [7, 11) is 0. The Kier molecular flexibility index (Phi) is 2.84. The van der Waals surface area contributed by atoms with Gasteiger partial charge in [-0.15, -0.1) is 0 Å². The lowest BCUT2D eigenvalue weighted by atomic mass is 10.0. The first-order valence-electron chi connectivity index (χ1n) is 5.98. The molecule has 1 heterocycles. The van der Waals surface area contributed by atoms with Crippen molar-refractivity contribution in [2.75, 3.05) is 0 Å².